The van der Waals surface area contributed by atoms with E-state index in [9.17, 15) is 9.59 Å². The Bertz CT molecular complexity index is 412. The molecule has 1 rings (SSSR count). The summed E-state index contributed by atoms with van der Waals surface area (Å²) < 4.78 is 0. The number of rotatable bonds is 6. The van der Waals surface area contributed by atoms with Crippen molar-refractivity contribution < 1.29 is 9.59 Å². The number of benzene rings is 1. The molecule has 0 aliphatic heterocycles. The van der Waals surface area contributed by atoms with Crippen LogP contribution in [0.15, 0.2) is 24.3 Å². The molecule has 0 saturated carbocycles. The standard InChI is InChI=1S/C14H20N2O2/c1-3-5-10-16(4-2)14(18)12-8-6-11(7-9-12)13(15)17/h6-9H,3-5,10H2,1-2H3,(H2,15,17). The van der Waals surface area contributed by atoms with Crippen molar-refractivity contribution in [3.63, 3.8) is 0 Å². The van der Waals surface area contributed by atoms with Crippen LogP contribution >= 0.6 is 0 Å². The van der Waals surface area contributed by atoms with Gasteiger partial charge in [0.2, 0.25) is 5.91 Å². The zero-order valence-electron chi connectivity index (χ0n) is 11.0. The van der Waals surface area contributed by atoms with E-state index in [0.29, 0.717) is 17.7 Å². The number of nitrogens with zero attached hydrogens (tertiary/aromatic N) is 1. The molecule has 0 saturated heterocycles. The summed E-state index contributed by atoms with van der Waals surface area (Å²) in [6, 6.07) is 6.47. The first-order valence-corrected chi connectivity index (χ1v) is 6.29. The summed E-state index contributed by atoms with van der Waals surface area (Å²) in [5, 5.41) is 0. The maximum atomic E-state index is 12.2. The summed E-state index contributed by atoms with van der Waals surface area (Å²) in [7, 11) is 0. The molecular weight excluding hydrogens is 228 g/mol. The van der Waals surface area contributed by atoms with Gasteiger partial charge in [-0.25, -0.2) is 0 Å². The number of hydrogen-bond acceptors (Lipinski definition) is 2. The van der Waals surface area contributed by atoms with Crippen LogP contribution < -0.4 is 5.73 Å². The predicted molar refractivity (Wildman–Crippen MR) is 71.4 cm³/mol. The van der Waals surface area contributed by atoms with Gasteiger partial charge in [0.25, 0.3) is 5.91 Å². The fraction of sp³-hybridized carbons (Fsp3) is 0.429. The Kier molecular flexibility index (Phi) is 5.36. The lowest BCUT2D eigenvalue weighted by atomic mass is 10.1. The Morgan fingerprint density at radius 2 is 1.67 bits per heavy atom. The lowest BCUT2D eigenvalue weighted by Gasteiger charge is -2.20. The monoisotopic (exact) mass is 248 g/mol. The lowest BCUT2D eigenvalue weighted by Crippen LogP contribution is -2.31. The van der Waals surface area contributed by atoms with E-state index >= 15 is 0 Å². The first-order chi connectivity index (χ1) is 8.60. The van der Waals surface area contributed by atoms with Gasteiger partial charge in [-0.05, 0) is 37.6 Å². The second-order valence-electron chi connectivity index (χ2n) is 4.18. The van der Waals surface area contributed by atoms with Gasteiger partial charge in [-0.15, -0.1) is 0 Å². The first-order valence-electron chi connectivity index (χ1n) is 6.29. The van der Waals surface area contributed by atoms with Gasteiger partial charge in [0.05, 0.1) is 0 Å². The molecule has 0 bridgehead atoms. The third-order valence-corrected chi connectivity index (χ3v) is 2.87. The third-order valence-electron chi connectivity index (χ3n) is 2.87. The van der Waals surface area contributed by atoms with Gasteiger partial charge in [0, 0.05) is 24.2 Å². The third kappa shape index (κ3) is 3.58. The Hall–Kier alpha value is -1.84. The van der Waals surface area contributed by atoms with Crippen LogP contribution in [0.3, 0.4) is 0 Å². The molecule has 4 heteroatoms. The molecule has 0 aliphatic rings. The van der Waals surface area contributed by atoms with E-state index in [1.807, 2.05) is 11.8 Å². The number of unbranched alkanes of at least 4 members (excludes halogenated alkanes) is 1. The van der Waals surface area contributed by atoms with E-state index in [2.05, 4.69) is 6.92 Å². The van der Waals surface area contributed by atoms with Crippen molar-refractivity contribution in [3.05, 3.63) is 35.4 Å². The van der Waals surface area contributed by atoms with Crippen LogP contribution in [-0.2, 0) is 0 Å². The van der Waals surface area contributed by atoms with Crippen LogP contribution in [0.2, 0.25) is 0 Å². The molecule has 2 amide bonds. The Morgan fingerprint density at radius 1 is 1.11 bits per heavy atom. The summed E-state index contributed by atoms with van der Waals surface area (Å²) in [5.41, 5.74) is 6.17. The highest BCUT2D eigenvalue weighted by atomic mass is 16.2. The van der Waals surface area contributed by atoms with Crippen LogP contribution in [0.1, 0.15) is 47.4 Å². The molecule has 18 heavy (non-hydrogen) atoms. The number of hydrogen-bond donors (Lipinski definition) is 1. The van der Waals surface area contributed by atoms with Gasteiger partial charge in [-0.1, -0.05) is 13.3 Å². The average Bonchev–Trinajstić information content (AvgIpc) is 2.39. The molecule has 0 unspecified atom stereocenters. The molecule has 0 atom stereocenters. The number of amides is 2. The van der Waals surface area contributed by atoms with Crippen molar-refractivity contribution in [2.75, 3.05) is 13.1 Å². The molecule has 1 aromatic carbocycles. The summed E-state index contributed by atoms with van der Waals surface area (Å²) in [6.07, 6.45) is 2.06. The summed E-state index contributed by atoms with van der Waals surface area (Å²) in [4.78, 5) is 24.9. The van der Waals surface area contributed by atoms with E-state index in [1.165, 1.54) is 0 Å². The van der Waals surface area contributed by atoms with E-state index in [0.717, 1.165) is 19.4 Å². The normalized spacial score (nSPS) is 10.1. The lowest BCUT2D eigenvalue weighted by molar-refractivity contribution is 0.0761. The Morgan fingerprint density at radius 3 is 2.11 bits per heavy atom. The second kappa shape index (κ2) is 6.79. The minimum Gasteiger partial charge on any atom is -0.366 e. The first kappa shape index (κ1) is 14.2. The van der Waals surface area contributed by atoms with Crippen LogP contribution in [0, 0.1) is 0 Å². The molecule has 0 heterocycles. The molecule has 0 fully saturated rings. The topological polar surface area (TPSA) is 63.4 Å². The molecule has 0 spiro atoms. The highest BCUT2D eigenvalue weighted by Crippen LogP contribution is 2.08. The second-order valence-corrected chi connectivity index (χ2v) is 4.18. The molecule has 0 aromatic heterocycles. The zero-order valence-corrected chi connectivity index (χ0v) is 11.0. The summed E-state index contributed by atoms with van der Waals surface area (Å²) >= 11 is 0. The molecule has 98 valence electrons. The quantitative estimate of drug-likeness (QED) is 0.837. The summed E-state index contributed by atoms with van der Waals surface area (Å²) in [6.45, 7) is 5.52. The molecule has 0 radical (unpaired) electrons. The van der Waals surface area contributed by atoms with Crippen LogP contribution in [0.5, 0.6) is 0 Å². The zero-order chi connectivity index (χ0) is 13.5. The number of carbonyl (C=O) groups is 2. The largest absolute Gasteiger partial charge is 0.366 e. The molecule has 2 N–H and O–H groups in total. The minimum atomic E-state index is -0.479. The maximum absolute atomic E-state index is 12.2. The predicted octanol–water partition coefficient (Wildman–Crippen LogP) is 2.05. The minimum absolute atomic E-state index is 0.00182. The van der Waals surface area contributed by atoms with Crippen molar-refractivity contribution in [1.82, 2.24) is 4.90 Å². The molecule has 4 nitrogen and oxygen atoms in total. The van der Waals surface area contributed by atoms with Crippen molar-refractivity contribution in [3.8, 4) is 0 Å². The van der Waals surface area contributed by atoms with E-state index in [-0.39, 0.29) is 5.91 Å². The Labute approximate surface area is 108 Å². The smallest absolute Gasteiger partial charge is 0.253 e. The van der Waals surface area contributed by atoms with E-state index < -0.39 is 5.91 Å². The van der Waals surface area contributed by atoms with Crippen molar-refractivity contribution in [1.29, 1.82) is 0 Å². The van der Waals surface area contributed by atoms with Gasteiger partial charge in [-0.2, -0.15) is 0 Å². The average molecular weight is 248 g/mol. The highest BCUT2D eigenvalue weighted by molar-refractivity contribution is 5.97. The van der Waals surface area contributed by atoms with Crippen LogP contribution in [0.25, 0.3) is 0 Å². The van der Waals surface area contributed by atoms with Gasteiger partial charge < -0.3 is 10.6 Å². The van der Waals surface area contributed by atoms with Gasteiger partial charge in [0.1, 0.15) is 0 Å². The van der Waals surface area contributed by atoms with Crippen molar-refractivity contribution in [2.45, 2.75) is 26.7 Å². The van der Waals surface area contributed by atoms with Crippen molar-refractivity contribution >= 4 is 11.8 Å². The SMILES string of the molecule is CCCCN(CC)C(=O)c1ccc(C(N)=O)cc1. The fourth-order valence-corrected chi connectivity index (χ4v) is 1.71. The van der Waals surface area contributed by atoms with Gasteiger partial charge >= 0.3 is 0 Å². The number of nitrogens with two attached hydrogens (primary N) is 1. The molecule has 1 aromatic rings. The van der Waals surface area contributed by atoms with Crippen LogP contribution in [-0.4, -0.2) is 29.8 Å². The Balaban J connectivity index is 2.78. The van der Waals surface area contributed by atoms with Gasteiger partial charge in [0.15, 0.2) is 0 Å². The van der Waals surface area contributed by atoms with Crippen molar-refractivity contribution in [2.24, 2.45) is 5.73 Å². The highest BCUT2D eigenvalue weighted by Gasteiger charge is 2.13. The van der Waals surface area contributed by atoms with E-state index in [1.54, 1.807) is 24.3 Å². The maximum Gasteiger partial charge on any atom is 0.253 e. The summed E-state index contributed by atoms with van der Waals surface area (Å²) in [5.74, 6) is -0.477. The van der Waals surface area contributed by atoms with Crippen LogP contribution in [0.4, 0.5) is 0 Å². The van der Waals surface area contributed by atoms with Gasteiger partial charge in [-0.3, -0.25) is 9.59 Å². The molecular formula is C14H20N2O2. The number of primary amides is 1. The number of carbonyl (C=O) groups excluding carboxylic acids is 2. The van der Waals surface area contributed by atoms with E-state index in [4.69, 9.17) is 5.73 Å². The molecule has 0 aliphatic carbocycles. The fourth-order valence-electron chi connectivity index (χ4n) is 1.71.